The number of carbonyl (C=O) groups is 11. The number of nitrogens with two attached hydrogens (primary N) is 5. The minimum Gasteiger partial charge on any atom is -0.510 e. The van der Waals surface area contributed by atoms with Gasteiger partial charge >= 0.3 is 0 Å². The fraction of sp³-hybridized carbons (Fsp3) is 0.635. The molecule has 0 spiro atoms. The van der Waals surface area contributed by atoms with Gasteiger partial charge in [-0.05, 0) is 115 Å². The van der Waals surface area contributed by atoms with Crippen LogP contribution in [-0.2, 0) is 52.7 Å². The lowest BCUT2D eigenvalue weighted by molar-refractivity contribution is -0.137. The highest BCUT2D eigenvalue weighted by atomic mass is 16.3. The molecule has 1 aliphatic heterocycles. The van der Waals surface area contributed by atoms with Gasteiger partial charge < -0.3 is 102 Å². The molecule has 1 heterocycles. The molecule has 14 unspecified atom stereocenters. The van der Waals surface area contributed by atoms with Crippen LogP contribution in [0.3, 0.4) is 0 Å². The van der Waals surface area contributed by atoms with Crippen LogP contribution in [0, 0.1) is 11.8 Å². The van der Waals surface area contributed by atoms with Gasteiger partial charge in [0.1, 0.15) is 60.1 Å². The van der Waals surface area contributed by atoms with Gasteiger partial charge in [0.05, 0.1) is 12.2 Å². The van der Waals surface area contributed by atoms with Crippen LogP contribution >= 0.6 is 0 Å². The Morgan fingerprint density at radius 3 is 1.61 bits per heavy atom. The number of carbonyl (C=O) groups excluding carboxylic acids is 11. The predicted molar refractivity (Wildman–Crippen MR) is 297 cm³/mol. The van der Waals surface area contributed by atoms with Crippen LogP contribution in [0.5, 0.6) is 0 Å². The fourth-order valence-corrected chi connectivity index (χ4v) is 8.90. The zero-order chi connectivity index (χ0) is 61.4. The van der Waals surface area contributed by atoms with Gasteiger partial charge in [-0.15, -0.1) is 0 Å². The van der Waals surface area contributed by atoms with Crippen LogP contribution in [0.1, 0.15) is 90.5 Å². The van der Waals surface area contributed by atoms with Crippen LogP contribution < -0.4 is 87.2 Å². The van der Waals surface area contributed by atoms with E-state index in [1.54, 1.807) is 13.8 Å². The van der Waals surface area contributed by atoms with Crippen molar-refractivity contribution in [3.63, 3.8) is 0 Å². The Balaban J connectivity index is 2.01. The molecule has 1 aromatic rings. The minimum atomic E-state index is -1.93. The molecule has 1 aromatic carbocycles. The quantitative estimate of drug-likeness (QED) is 0.0428. The Hall–Kier alpha value is -7.35. The molecular formula is C52H86N16O14. The molecule has 0 bridgehead atoms. The summed E-state index contributed by atoms with van der Waals surface area (Å²) in [6.07, 6.45) is -4.25. The first-order valence-electron chi connectivity index (χ1n) is 27.4. The summed E-state index contributed by atoms with van der Waals surface area (Å²) in [5.41, 5.74) is 30.0. The van der Waals surface area contributed by atoms with E-state index in [9.17, 15) is 68.1 Å². The third-order valence-corrected chi connectivity index (χ3v) is 13.5. The van der Waals surface area contributed by atoms with Gasteiger partial charge in [-0.1, -0.05) is 50.8 Å². The van der Waals surface area contributed by atoms with Crippen molar-refractivity contribution in [2.24, 2.45) is 40.5 Å². The van der Waals surface area contributed by atoms with E-state index in [4.69, 9.17) is 28.7 Å². The van der Waals surface area contributed by atoms with Gasteiger partial charge in [-0.2, -0.15) is 0 Å². The van der Waals surface area contributed by atoms with E-state index in [0.717, 1.165) is 5.56 Å². The summed E-state index contributed by atoms with van der Waals surface area (Å²) in [5.74, 6) is -12.3. The zero-order valence-electron chi connectivity index (χ0n) is 46.9. The third-order valence-electron chi connectivity index (χ3n) is 13.5. The molecule has 82 heavy (non-hydrogen) atoms. The summed E-state index contributed by atoms with van der Waals surface area (Å²) in [6, 6.07) is -6.51. The predicted octanol–water partition coefficient (Wildman–Crippen LogP) is -7.22. The monoisotopic (exact) mass is 1160 g/mol. The molecule has 14 atom stereocenters. The molecule has 30 heteroatoms. The minimum absolute atomic E-state index is 0.0423. The van der Waals surface area contributed by atoms with Crippen molar-refractivity contribution < 1.29 is 68.1 Å². The largest absolute Gasteiger partial charge is 0.510 e. The first-order valence-corrected chi connectivity index (χ1v) is 27.4. The molecule has 11 amide bonds. The highest BCUT2D eigenvalue weighted by molar-refractivity contribution is 6.00. The summed E-state index contributed by atoms with van der Waals surface area (Å²) in [7, 11) is 0. The smallest absolute Gasteiger partial charge is 0.251 e. The molecule has 0 aromatic heterocycles. The molecule has 1 aliphatic carbocycles. The van der Waals surface area contributed by atoms with Crippen LogP contribution in [0.25, 0.3) is 0 Å². The average molecular weight is 1160 g/mol. The second-order valence-electron chi connectivity index (χ2n) is 20.8. The highest BCUT2D eigenvalue weighted by Crippen LogP contribution is 2.47. The van der Waals surface area contributed by atoms with E-state index in [-0.39, 0.29) is 83.1 Å². The molecular weight excluding hydrogens is 1070 g/mol. The highest BCUT2D eigenvalue weighted by Gasteiger charge is 2.45. The number of amides is 11. The first-order chi connectivity index (χ1) is 38.8. The topological polar surface area (TPSA) is 511 Å². The molecule has 24 N–H and O–H groups in total. The summed E-state index contributed by atoms with van der Waals surface area (Å²) in [5, 5.41) is 59.1. The van der Waals surface area contributed by atoms with E-state index in [1.165, 1.54) is 13.8 Å². The Morgan fingerprint density at radius 1 is 0.610 bits per heavy atom. The number of hydrogen-bond acceptors (Lipinski definition) is 19. The fourth-order valence-electron chi connectivity index (χ4n) is 8.90. The maximum atomic E-state index is 14.4. The van der Waals surface area contributed by atoms with Crippen molar-refractivity contribution in [1.82, 2.24) is 58.5 Å². The maximum absolute atomic E-state index is 14.4. The van der Waals surface area contributed by atoms with Gasteiger partial charge in [0.25, 0.3) is 5.91 Å². The van der Waals surface area contributed by atoms with Gasteiger partial charge in [-0.25, -0.2) is 0 Å². The van der Waals surface area contributed by atoms with Gasteiger partial charge in [-0.3, -0.25) is 52.7 Å². The maximum Gasteiger partial charge on any atom is 0.251 e. The van der Waals surface area contributed by atoms with Gasteiger partial charge in [0.2, 0.25) is 59.1 Å². The molecule has 458 valence electrons. The van der Waals surface area contributed by atoms with Crippen molar-refractivity contribution in [1.29, 1.82) is 0 Å². The first kappa shape index (κ1) is 68.9. The third kappa shape index (κ3) is 21.5. The van der Waals surface area contributed by atoms with E-state index >= 15 is 0 Å². The molecule has 3 rings (SSSR count). The van der Waals surface area contributed by atoms with Crippen LogP contribution in [0.2, 0.25) is 0 Å². The van der Waals surface area contributed by atoms with E-state index in [2.05, 4.69) is 65.1 Å². The van der Waals surface area contributed by atoms with Crippen molar-refractivity contribution in [3.05, 3.63) is 48.2 Å². The molecule has 2 fully saturated rings. The standard InChI is InChI=1S/C52H86N16O14/c1-25(2)23-38-49(79)68-41(28(5)71)52(82)63-33(12-18-54)43(73)61-36(15-21-57)48(78)66-39(26(3)69)50(80)58-22-16-37(46(76)60-32(11-17-53)45(75)65-38)62-44(74)34(13-19-55)64-51(81)40(27(4)70)67-47(77)35(14-20-56)59-42(72)31-24-30(31)29-9-7-6-8-10-29/h6-10,25-27,30-41,69-71H,5,11-24,53-57H2,1-4H3,(H,58,80)(H,59,72)(H,60,76)(H,61,73)(H,62,74)(H,63,82)(H,64,81)(H,65,75)(H,66,78)(H,67,77)(H,68,79). The summed E-state index contributed by atoms with van der Waals surface area (Å²) >= 11 is 0. The normalized spacial score (nSPS) is 25.3. The van der Waals surface area contributed by atoms with Gasteiger partial charge in [0, 0.05) is 12.5 Å². The number of hydrogen-bond donors (Lipinski definition) is 19. The summed E-state index contributed by atoms with van der Waals surface area (Å²) in [6.45, 7) is 7.78. The van der Waals surface area contributed by atoms with Gasteiger partial charge in [0.15, 0.2) is 6.04 Å². The Bertz CT molecular complexity index is 2380. The number of rotatable bonds is 24. The van der Waals surface area contributed by atoms with Crippen molar-refractivity contribution >= 4 is 65.0 Å². The van der Waals surface area contributed by atoms with Crippen LogP contribution in [0.4, 0.5) is 0 Å². The van der Waals surface area contributed by atoms with Crippen molar-refractivity contribution in [2.45, 2.75) is 158 Å². The lowest BCUT2D eigenvalue weighted by Crippen LogP contribution is -2.62. The van der Waals surface area contributed by atoms with Crippen LogP contribution in [0.15, 0.2) is 42.7 Å². The van der Waals surface area contributed by atoms with E-state index in [0.29, 0.717) is 6.42 Å². The lowest BCUT2D eigenvalue weighted by Gasteiger charge is -2.29. The zero-order valence-corrected chi connectivity index (χ0v) is 46.9. The van der Waals surface area contributed by atoms with E-state index in [1.807, 2.05) is 30.3 Å². The van der Waals surface area contributed by atoms with Crippen molar-refractivity contribution in [3.8, 4) is 0 Å². The Kier molecular flexibility index (Phi) is 28.7. The second-order valence-corrected chi connectivity index (χ2v) is 20.8. The SMILES string of the molecule is C=C(O)C1NC(=O)C(CC(C)C)NC(=O)C(CCN)NC(=O)C(NC(=O)C(CCN)NC(=O)C(NC(=O)C(CCN)NC(=O)C2CC2c2ccccc2)C(C)O)CCNC(=O)C(C(C)O)NC(=O)C(CCN)NC(=O)C(CCN)NC1=O. The summed E-state index contributed by atoms with van der Waals surface area (Å²) < 4.78 is 0. The number of aliphatic hydroxyl groups excluding tert-OH is 3. The van der Waals surface area contributed by atoms with E-state index < -0.39 is 162 Å². The number of aliphatic hydroxyl groups is 3. The lowest BCUT2D eigenvalue weighted by atomic mass is 10.0. The van der Waals surface area contributed by atoms with Crippen molar-refractivity contribution in [2.75, 3.05) is 39.3 Å². The molecule has 1 saturated carbocycles. The second kappa shape index (κ2) is 34.2. The number of benzene rings is 1. The Labute approximate surface area is 475 Å². The molecule has 0 radical (unpaired) electrons. The van der Waals surface area contributed by atoms with Crippen LogP contribution in [-0.4, -0.2) is 192 Å². The molecule has 2 aliphatic rings. The molecule has 30 nitrogen and oxygen atoms in total. The molecule has 1 saturated heterocycles. The number of nitrogens with one attached hydrogen (secondary N) is 11. The summed E-state index contributed by atoms with van der Waals surface area (Å²) in [4.78, 5) is 152. The average Bonchev–Trinajstić information content (AvgIpc) is 4.42. The Morgan fingerprint density at radius 2 is 1.11 bits per heavy atom.